The predicted octanol–water partition coefficient (Wildman–Crippen LogP) is 3.95. The van der Waals surface area contributed by atoms with Crippen LogP contribution >= 0.6 is 11.3 Å². The Morgan fingerprint density at radius 2 is 1.96 bits per heavy atom. The molecule has 0 spiro atoms. The van der Waals surface area contributed by atoms with E-state index in [1.165, 1.54) is 11.3 Å². The van der Waals surface area contributed by atoms with E-state index >= 15 is 0 Å². The van der Waals surface area contributed by atoms with Crippen LogP contribution in [0, 0.1) is 13.8 Å². The number of benzene rings is 2. The van der Waals surface area contributed by atoms with Crippen LogP contribution in [0.25, 0.3) is 10.2 Å². The van der Waals surface area contributed by atoms with Crippen molar-refractivity contribution in [1.29, 1.82) is 0 Å². The van der Waals surface area contributed by atoms with Gasteiger partial charge in [-0.2, -0.15) is 0 Å². The van der Waals surface area contributed by atoms with Crippen molar-refractivity contribution in [2.75, 3.05) is 5.32 Å². The number of aryl methyl sites for hydroxylation is 3. The maximum absolute atomic E-state index is 12.4. The fourth-order valence-electron chi connectivity index (χ4n) is 2.71. The number of nitrogens with zero attached hydrogens (tertiary/aromatic N) is 1. The van der Waals surface area contributed by atoms with Crippen molar-refractivity contribution in [2.24, 2.45) is 0 Å². The highest BCUT2D eigenvalue weighted by atomic mass is 32.1. The zero-order valence-electron chi connectivity index (χ0n) is 13.3. The van der Waals surface area contributed by atoms with E-state index in [0.29, 0.717) is 17.8 Å². The average Bonchev–Trinajstić information content (AvgIpc) is 2.81. The van der Waals surface area contributed by atoms with Gasteiger partial charge in [-0.3, -0.25) is 14.2 Å². The molecule has 1 aromatic heterocycles. The Labute approximate surface area is 138 Å². The molecule has 2 aromatic carbocycles. The van der Waals surface area contributed by atoms with Crippen LogP contribution in [-0.4, -0.2) is 10.5 Å². The lowest BCUT2D eigenvalue weighted by Crippen LogP contribution is -2.13. The maximum Gasteiger partial charge on any atom is 0.308 e. The number of anilines is 1. The summed E-state index contributed by atoms with van der Waals surface area (Å²) in [7, 11) is 0. The Morgan fingerprint density at radius 1 is 1.17 bits per heavy atom. The zero-order valence-corrected chi connectivity index (χ0v) is 14.2. The Hall–Kier alpha value is -2.40. The number of aromatic nitrogens is 1. The van der Waals surface area contributed by atoms with Crippen LogP contribution in [0.5, 0.6) is 0 Å². The minimum absolute atomic E-state index is 0.0281. The number of fused-ring (bicyclic) bond motifs is 1. The van der Waals surface area contributed by atoms with Gasteiger partial charge in [0.1, 0.15) is 0 Å². The van der Waals surface area contributed by atoms with Crippen LogP contribution in [0.3, 0.4) is 0 Å². The number of rotatable bonds is 3. The average molecular weight is 326 g/mol. The highest BCUT2D eigenvalue weighted by Gasteiger charge is 2.11. The first-order valence-corrected chi connectivity index (χ1v) is 8.33. The van der Waals surface area contributed by atoms with E-state index in [4.69, 9.17) is 0 Å². The van der Waals surface area contributed by atoms with Gasteiger partial charge in [0.2, 0.25) is 0 Å². The van der Waals surface area contributed by atoms with Crippen molar-refractivity contribution < 1.29 is 4.79 Å². The third kappa shape index (κ3) is 2.92. The quantitative estimate of drug-likeness (QED) is 0.792. The molecule has 0 saturated carbocycles. The number of hydrogen-bond acceptors (Lipinski definition) is 3. The van der Waals surface area contributed by atoms with Crippen molar-refractivity contribution in [3.05, 3.63) is 62.8 Å². The lowest BCUT2D eigenvalue weighted by Gasteiger charge is -2.09. The summed E-state index contributed by atoms with van der Waals surface area (Å²) in [6.07, 6.45) is 0. The van der Waals surface area contributed by atoms with Gasteiger partial charge in [0.15, 0.2) is 0 Å². The molecule has 3 rings (SSSR count). The summed E-state index contributed by atoms with van der Waals surface area (Å²) in [5, 5.41) is 2.91. The SMILES string of the molecule is CCn1c(=O)sc2cc(NC(=O)c3ccc(C)cc3C)ccc21. The molecule has 0 atom stereocenters. The molecule has 1 N–H and O–H groups in total. The van der Waals surface area contributed by atoms with Crippen LogP contribution in [0.4, 0.5) is 5.69 Å². The molecule has 0 aliphatic rings. The van der Waals surface area contributed by atoms with E-state index in [1.807, 2.05) is 57.2 Å². The summed E-state index contributed by atoms with van der Waals surface area (Å²) in [5.74, 6) is -0.135. The Morgan fingerprint density at radius 3 is 2.65 bits per heavy atom. The fourth-order valence-corrected chi connectivity index (χ4v) is 3.70. The largest absolute Gasteiger partial charge is 0.322 e. The Bertz CT molecular complexity index is 953. The Balaban J connectivity index is 1.92. The first kappa shape index (κ1) is 15.5. The molecule has 0 bridgehead atoms. The van der Waals surface area contributed by atoms with Gasteiger partial charge >= 0.3 is 4.87 Å². The molecule has 0 saturated heterocycles. The van der Waals surface area contributed by atoms with Crippen molar-refractivity contribution >= 4 is 33.1 Å². The molecule has 0 aliphatic heterocycles. The van der Waals surface area contributed by atoms with E-state index in [1.54, 1.807) is 4.57 Å². The van der Waals surface area contributed by atoms with Gasteiger partial charge < -0.3 is 5.32 Å². The molecule has 4 nitrogen and oxygen atoms in total. The van der Waals surface area contributed by atoms with Gasteiger partial charge in [-0.25, -0.2) is 0 Å². The van der Waals surface area contributed by atoms with Crippen LogP contribution in [0.2, 0.25) is 0 Å². The smallest absolute Gasteiger partial charge is 0.308 e. The molecule has 3 aromatic rings. The summed E-state index contributed by atoms with van der Waals surface area (Å²) in [6.45, 7) is 6.53. The summed E-state index contributed by atoms with van der Waals surface area (Å²) in [6, 6.07) is 11.3. The highest BCUT2D eigenvalue weighted by molar-refractivity contribution is 7.16. The highest BCUT2D eigenvalue weighted by Crippen LogP contribution is 2.22. The predicted molar refractivity (Wildman–Crippen MR) is 95.6 cm³/mol. The van der Waals surface area contributed by atoms with E-state index in [-0.39, 0.29) is 10.8 Å². The molecule has 0 aliphatic carbocycles. The molecule has 0 unspecified atom stereocenters. The lowest BCUT2D eigenvalue weighted by atomic mass is 10.1. The first-order valence-electron chi connectivity index (χ1n) is 7.51. The van der Waals surface area contributed by atoms with E-state index in [0.717, 1.165) is 21.3 Å². The molecule has 0 radical (unpaired) electrons. The molecular formula is C18H18N2O2S. The standard InChI is InChI=1S/C18H18N2O2S/c1-4-20-15-8-6-13(10-16(15)23-18(20)22)19-17(21)14-7-5-11(2)9-12(14)3/h5-10H,4H2,1-3H3,(H,19,21). The second-order valence-electron chi connectivity index (χ2n) is 5.57. The second kappa shape index (κ2) is 6.01. The fraction of sp³-hybridized carbons (Fsp3) is 0.222. The van der Waals surface area contributed by atoms with Gasteiger partial charge in [-0.1, -0.05) is 29.0 Å². The van der Waals surface area contributed by atoms with Gasteiger partial charge in [0.25, 0.3) is 5.91 Å². The van der Waals surface area contributed by atoms with Gasteiger partial charge in [-0.05, 0) is 50.6 Å². The summed E-state index contributed by atoms with van der Waals surface area (Å²) in [4.78, 5) is 24.4. The number of amides is 1. The second-order valence-corrected chi connectivity index (χ2v) is 6.56. The van der Waals surface area contributed by atoms with Gasteiger partial charge in [0.05, 0.1) is 10.2 Å². The number of carbonyl (C=O) groups excluding carboxylic acids is 1. The number of hydrogen-bond donors (Lipinski definition) is 1. The Kier molecular flexibility index (Phi) is 4.05. The number of thiazole rings is 1. The maximum atomic E-state index is 12.4. The third-order valence-corrected chi connectivity index (χ3v) is 4.81. The zero-order chi connectivity index (χ0) is 16.6. The molecule has 1 heterocycles. The van der Waals surface area contributed by atoms with E-state index in [2.05, 4.69) is 5.32 Å². The van der Waals surface area contributed by atoms with Crippen LogP contribution in [0.1, 0.15) is 28.4 Å². The van der Waals surface area contributed by atoms with Crippen LogP contribution in [0.15, 0.2) is 41.2 Å². The third-order valence-electron chi connectivity index (χ3n) is 3.87. The normalized spacial score (nSPS) is 10.9. The molecule has 118 valence electrons. The summed E-state index contributed by atoms with van der Waals surface area (Å²) in [5.41, 5.74) is 4.35. The molecule has 0 fully saturated rings. The monoisotopic (exact) mass is 326 g/mol. The number of nitrogens with one attached hydrogen (secondary N) is 1. The minimum Gasteiger partial charge on any atom is -0.322 e. The van der Waals surface area contributed by atoms with Crippen molar-refractivity contribution in [3.63, 3.8) is 0 Å². The topological polar surface area (TPSA) is 51.1 Å². The molecular weight excluding hydrogens is 308 g/mol. The summed E-state index contributed by atoms with van der Waals surface area (Å²) < 4.78 is 2.62. The van der Waals surface area contributed by atoms with Gasteiger partial charge in [0, 0.05) is 17.8 Å². The van der Waals surface area contributed by atoms with Gasteiger partial charge in [-0.15, -0.1) is 0 Å². The summed E-state index contributed by atoms with van der Waals surface area (Å²) >= 11 is 1.20. The van der Waals surface area contributed by atoms with Crippen molar-refractivity contribution in [1.82, 2.24) is 4.57 Å². The molecule has 5 heteroatoms. The van der Waals surface area contributed by atoms with E-state index < -0.39 is 0 Å². The lowest BCUT2D eigenvalue weighted by molar-refractivity contribution is 0.102. The van der Waals surface area contributed by atoms with Crippen LogP contribution < -0.4 is 10.2 Å². The van der Waals surface area contributed by atoms with E-state index in [9.17, 15) is 9.59 Å². The molecule has 1 amide bonds. The van der Waals surface area contributed by atoms with Crippen molar-refractivity contribution in [2.45, 2.75) is 27.3 Å². The molecule has 23 heavy (non-hydrogen) atoms. The minimum atomic E-state index is -0.135. The number of carbonyl (C=O) groups is 1. The van der Waals surface area contributed by atoms with Crippen LogP contribution in [-0.2, 0) is 6.54 Å². The first-order chi connectivity index (χ1) is 11.0. The van der Waals surface area contributed by atoms with Crippen molar-refractivity contribution in [3.8, 4) is 0 Å².